The Kier molecular flexibility index (Phi) is 17.1. The van der Waals surface area contributed by atoms with Crippen LogP contribution in [-0.4, -0.2) is 95.1 Å². The van der Waals surface area contributed by atoms with Gasteiger partial charge in [0.1, 0.15) is 0 Å². The number of hydrogen-bond acceptors (Lipinski definition) is 6. The maximum Gasteiger partial charge on any atom is 0.472 e. The Bertz CT molecular complexity index is 804. The molecule has 1 unspecified atom stereocenters. The van der Waals surface area contributed by atoms with Gasteiger partial charge in [0, 0.05) is 26.7 Å². The number of hydrogen-bond donors (Lipinski definition) is 4. The molecule has 38 heavy (non-hydrogen) atoms. The van der Waals surface area contributed by atoms with Crippen LogP contribution in [-0.2, 0) is 22.7 Å². The SMILES string of the molecule is CCCCCCCCCN(C)C=O.CN1CCCC1C(=O)NCB(O)O.O=C(O)N1Cc2ccccc2C1. The van der Waals surface area contributed by atoms with Crippen LogP contribution in [0.25, 0.3) is 0 Å². The summed E-state index contributed by atoms with van der Waals surface area (Å²) in [6.07, 6.45) is 11.0. The molecule has 0 saturated carbocycles. The third-order valence-corrected chi connectivity index (χ3v) is 6.69. The van der Waals surface area contributed by atoms with Crippen molar-refractivity contribution in [3.05, 3.63) is 35.4 Å². The van der Waals surface area contributed by atoms with Gasteiger partial charge in [0.05, 0.1) is 12.5 Å². The fourth-order valence-electron chi connectivity index (χ4n) is 4.39. The Morgan fingerprint density at radius 1 is 1.08 bits per heavy atom. The highest BCUT2D eigenvalue weighted by Gasteiger charge is 2.28. The van der Waals surface area contributed by atoms with Crippen molar-refractivity contribution in [1.29, 1.82) is 0 Å². The lowest BCUT2D eigenvalue weighted by Gasteiger charge is -2.18. The van der Waals surface area contributed by atoms with Gasteiger partial charge in [-0.1, -0.05) is 69.7 Å². The van der Waals surface area contributed by atoms with Crippen LogP contribution in [0, 0.1) is 0 Å². The van der Waals surface area contributed by atoms with E-state index in [-0.39, 0.29) is 18.4 Å². The highest BCUT2D eigenvalue weighted by atomic mass is 16.4. The van der Waals surface area contributed by atoms with Gasteiger partial charge in [-0.2, -0.15) is 0 Å². The van der Waals surface area contributed by atoms with E-state index >= 15 is 0 Å². The number of benzene rings is 1. The number of nitrogens with zero attached hydrogens (tertiary/aromatic N) is 3. The predicted octanol–water partition coefficient (Wildman–Crippen LogP) is 2.71. The Balaban J connectivity index is 0.000000285. The van der Waals surface area contributed by atoms with E-state index in [0.29, 0.717) is 13.1 Å². The van der Waals surface area contributed by atoms with E-state index < -0.39 is 13.2 Å². The number of amides is 3. The molecule has 0 aliphatic carbocycles. The average molecular weight is 535 g/mol. The highest BCUT2D eigenvalue weighted by molar-refractivity contribution is 6.41. The summed E-state index contributed by atoms with van der Waals surface area (Å²) in [7, 11) is 2.27. The molecule has 1 aromatic rings. The summed E-state index contributed by atoms with van der Waals surface area (Å²) >= 11 is 0. The number of unbranched alkanes of at least 4 members (excludes halogenated alkanes) is 6. The molecule has 1 atom stereocenters. The van der Waals surface area contributed by atoms with Crippen LogP contribution >= 0.6 is 0 Å². The second kappa shape index (κ2) is 19.4. The molecule has 1 aromatic carbocycles. The van der Waals surface area contributed by atoms with Gasteiger partial charge in [-0.25, -0.2) is 4.79 Å². The van der Waals surface area contributed by atoms with Crippen molar-refractivity contribution in [3.8, 4) is 0 Å². The monoisotopic (exact) mass is 534 g/mol. The third kappa shape index (κ3) is 13.8. The fourth-order valence-corrected chi connectivity index (χ4v) is 4.39. The second-order valence-corrected chi connectivity index (χ2v) is 9.98. The Labute approximate surface area is 228 Å². The number of nitrogens with one attached hydrogen (secondary N) is 1. The average Bonchev–Trinajstić information content (AvgIpc) is 3.53. The first-order valence-corrected chi connectivity index (χ1v) is 13.7. The minimum absolute atomic E-state index is 0.0941. The number of likely N-dealkylation sites (tertiary alicyclic amines) is 1. The summed E-state index contributed by atoms with van der Waals surface area (Å²) < 4.78 is 0. The molecule has 2 aliphatic rings. The lowest BCUT2D eigenvalue weighted by Crippen LogP contribution is -2.45. The topological polar surface area (TPSA) is 134 Å². The van der Waals surface area contributed by atoms with Gasteiger partial charge in [-0.15, -0.1) is 0 Å². The van der Waals surface area contributed by atoms with Crippen LogP contribution in [0.2, 0.25) is 0 Å². The van der Waals surface area contributed by atoms with Gasteiger partial charge in [0.25, 0.3) is 0 Å². The minimum Gasteiger partial charge on any atom is -0.465 e. The van der Waals surface area contributed by atoms with Crippen LogP contribution < -0.4 is 5.32 Å². The van der Waals surface area contributed by atoms with Crippen molar-refractivity contribution < 1.29 is 29.5 Å². The van der Waals surface area contributed by atoms with Crippen molar-refractivity contribution in [1.82, 2.24) is 20.0 Å². The van der Waals surface area contributed by atoms with Crippen LogP contribution in [0.3, 0.4) is 0 Å². The molecular formula is C27H47BN4O6. The van der Waals surface area contributed by atoms with E-state index in [9.17, 15) is 14.4 Å². The van der Waals surface area contributed by atoms with E-state index in [1.807, 2.05) is 43.3 Å². The molecule has 10 nitrogen and oxygen atoms in total. The normalized spacial score (nSPS) is 15.9. The Morgan fingerprint density at radius 2 is 1.66 bits per heavy atom. The molecule has 3 amide bonds. The molecular weight excluding hydrogens is 487 g/mol. The number of rotatable bonds is 12. The Morgan fingerprint density at radius 3 is 2.13 bits per heavy atom. The standard InChI is InChI=1S/C11H23NO.C9H9NO2.C7H15BN2O3/c1-3-4-5-6-7-8-9-10-12(2)11-13;11-9(12)10-5-7-3-1-2-4-8(7)6-10;1-10-4-2-3-6(10)7(11)9-5-8(12)13/h11H,3-10H2,1-2H3;1-4H,5-6H2,(H,11,12);6,12-13H,2-5H2,1H3,(H,9,11). The molecule has 0 radical (unpaired) electrons. The fraction of sp³-hybridized carbons (Fsp3) is 0.667. The molecule has 2 heterocycles. The summed E-state index contributed by atoms with van der Waals surface area (Å²) in [5.74, 6) is -0.117. The molecule has 1 fully saturated rings. The summed E-state index contributed by atoms with van der Waals surface area (Å²) in [5, 5.41) is 28.3. The van der Waals surface area contributed by atoms with Gasteiger partial charge in [-0.3, -0.25) is 19.4 Å². The highest BCUT2D eigenvalue weighted by Crippen LogP contribution is 2.21. The lowest BCUT2D eigenvalue weighted by molar-refractivity contribution is -0.124. The number of carboxylic acid groups (broad SMARTS) is 1. The molecule has 214 valence electrons. The number of carbonyl (C=O) groups excluding carboxylic acids is 2. The zero-order valence-electron chi connectivity index (χ0n) is 23.3. The second-order valence-electron chi connectivity index (χ2n) is 9.98. The molecule has 1 saturated heterocycles. The first-order chi connectivity index (χ1) is 18.2. The van der Waals surface area contributed by atoms with Crippen LogP contribution in [0.4, 0.5) is 4.79 Å². The molecule has 2 aliphatic heterocycles. The first-order valence-electron chi connectivity index (χ1n) is 13.7. The Hall–Kier alpha value is -2.63. The third-order valence-electron chi connectivity index (χ3n) is 6.69. The number of fused-ring (bicyclic) bond motifs is 1. The largest absolute Gasteiger partial charge is 0.472 e. The maximum atomic E-state index is 11.4. The van der Waals surface area contributed by atoms with Gasteiger partial charge in [0.15, 0.2) is 0 Å². The summed E-state index contributed by atoms with van der Waals surface area (Å²) in [6.45, 7) is 5.15. The van der Waals surface area contributed by atoms with E-state index in [0.717, 1.165) is 49.9 Å². The van der Waals surface area contributed by atoms with Gasteiger partial charge >= 0.3 is 13.2 Å². The van der Waals surface area contributed by atoms with Crippen molar-refractivity contribution in [2.75, 3.05) is 33.6 Å². The van der Waals surface area contributed by atoms with Crippen molar-refractivity contribution in [3.63, 3.8) is 0 Å². The van der Waals surface area contributed by atoms with Crippen molar-refractivity contribution in [2.24, 2.45) is 0 Å². The number of carbonyl (C=O) groups is 3. The lowest BCUT2D eigenvalue weighted by atomic mass is 9.92. The minimum atomic E-state index is -1.46. The quantitative estimate of drug-likeness (QED) is 0.184. The summed E-state index contributed by atoms with van der Waals surface area (Å²) in [5.41, 5.74) is 2.25. The summed E-state index contributed by atoms with van der Waals surface area (Å²) in [6, 6.07) is 7.71. The van der Waals surface area contributed by atoms with Crippen LogP contribution in [0.15, 0.2) is 24.3 Å². The van der Waals surface area contributed by atoms with E-state index in [2.05, 4.69) is 12.2 Å². The zero-order valence-corrected chi connectivity index (χ0v) is 23.3. The van der Waals surface area contributed by atoms with Crippen LogP contribution in [0.1, 0.15) is 75.8 Å². The molecule has 11 heteroatoms. The zero-order chi connectivity index (χ0) is 28.3. The van der Waals surface area contributed by atoms with Crippen LogP contribution in [0.5, 0.6) is 0 Å². The van der Waals surface area contributed by atoms with Gasteiger partial charge < -0.3 is 25.4 Å². The number of likely N-dealkylation sites (N-methyl/N-ethyl adjacent to an activating group) is 1. The molecule has 0 aromatic heterocycles. The predicted molar refractivity (Wildman–Crippen MR) is 149 cm³/mol. The maximum absolute atomic E-state index is 11.4. The van der Waals surface area contributed by atoms with Crippen molar-refractivity contribution >= 4 is 25.5 Å². The van der Waals surface area contributed by atoms with Crippen molar-refractivity contribution in [2.45, 2.75) is 83.8 Å². The first kappa shape index (κ1) is 33.4. The van der Waals surface area contributed by atoms with E-state index in [1.54, 1.807) is 4.90 Å². The molecule has 0 bridgehead atoms. The molecule has 4 N–H and O–H groups in total. The van der Waals surface area contributed by atoms with Gasteiger partial charge in [-0.05, 0) is 44.0 Å². The molecule has 3 rings (SSSR count). The smallest absolute Gasteiger partial charge is 0.465 e. The summed E-state index contributed by atoms with van der Waals surface area (Å²) in [4.78, 5) is 37.3. The molecule has 0 spiro atoms. The van der Waals surface area contributed by atoms with Gasteiger partial charge in [0.2, 0.25) is 12.3 Å². The van der Waals surface area contributed by atoms with E-state index in [4.69, 9.17) is 15.2 Å². The van der Waals surface area contributed by atoms with E-state index in [1.165, 1.54) is 43.4 Å².